The fourth-order valence-electron chi connectivity index (χ4n) is 1.92. The van der Waals surface area contributed by atoms with Gasteiger partial charge in [0, 0.05) is 6.54 Å². The molecule has 1 atom stereocenters. The fraction of sp³-hybridized carbons (Fsp3) is 0.700. The van der Waals surface area contributed by atoms with E-state index in [9.17, 15) is 4.79 Å². The maximum atomic E-state index is 11.3. The zero-order valence-electron chi connectivity index (χ0n) is 9.73. The highest BCUT2D eigenvalue weighted by molar-refractivity contribution is 5.85. The molecule has 6 nitrogen and oxygen atoms in total. The summed E-state index contributed by atoms with van der Waals surface area (Å²) in [5, 5.41) is 7.32. The first-order valence-corrected chi connectivity index (χ1v) is 5.42. The second kappa shape index (κ2) is 4.11. The first-order chi connectivity index (χ1) is 7.63. The molecule has 0 fully saturated rings. The summed E-state index contributed by atoms with van der Waals surface area (Å²) in [7, 11) is 1.33. The van der Waals surface area contributed by atoms with Gasteiger partial charge < -0.3 is 10.1 Å². The molecule has 1 aliphatic heterocycles. The first kappa shape index (κ1) is 10.9. The normalized spacial score (nSPS) is 19.1. The van der Waals surface area contributed by atoms with Crippen molar-refractivity contribution in [2.75, 3.05) is 19.0 Å². The van der Waals surface area contributed by atoms with Gasteiger partial charge >= 0.3 is 5.97 Å². The molecule has 0 saturated heterocycles. The quantitative estimate of drug-likeness (QED) is 0.761. The lowest BCUT2D eigenvalue weighted by Gasteiger charge is -2.27. The number of hydrogen-bond acceptors (Lipinski definition) is 5. The Labute approximate surface area is 94.0 Å². The second-order valence-corrected chi connectivity index (χ2v) is 4.22. The molecule has 1 aromatic heterocycles. The Bertz CT molecular complexity index is 400. The Hall–Kier alpha value is -1.59. The lowest BCUT2D eigenvalue weighted by atomic mass is 10.0. The topological polar surface area (TPSA) is 69.0 Å². The van der Waals surface area contributed by atoms with Crippen LogP contribution in [0.5, 0.6) is 0 Å². The number of hydrogen-bond donors (Lipinski definition) is 1. The highest BCUT2D eigenvalue weighted by atomic mass is 16.5. The molecule has 16 heavy (non-hydrogen) atoms. The summed E-state index contributed by atoms with van der Waals surface area (Å²) in [6.45, 7) is 5.14. The third-order valence-corrected chi connectivity index (χ3v) is 2.81. The number of carbonyl (C=O) groups is 1. The number of nitrogens with one attached hydrogen (secondary N) is 1. The highest BCUT2D eigenvalue weighted by Gasteiger charge is 2.27. The smallest absolute Gasteiger partial charge is 0.378 e. The number of rotatable bonds is 2. The number of methoxy groups -OCH3 is 1. The molecule has 0 spiro atoms. The minimum atomic E-state index is -0.494. The monoisotopic (exact) mass is 224 g/mol. The summed E-state index contributed by atoms with van der Waals surface area (Å²) in [5.74, 6) is 0.752. The summed E-state index contributed by atoms with van der Waals surface area (Å²) >= 11 is 0. The first-order valence-electron chi connectivity index (χ1n) is 5.42. The standard InChI is InChI=1S/C10H16N4O2/c1-6(2)7-4-5-11-10-12-8(9(15)16-3)13-14(7)10/h6-7H,4-5H2,1-3H3,(H,11,12,13). The Morgan fingerprint density at radius 2 is 2.38 bits per heavy atom. The maximum Gasteiger partial charge on any atom is 0.378 e. The molecule has 0 amide bonds. The minimum absolute atomic E-state index is 0.123. The van der Waals surface area contributed by atoms with E-state index in [0.717, 1.165) is 13.0 Å². The molecule has 2 heterocycles. The van der Waals surface area contributed by atoms with Crippen LogP contribution in [0.15, 0.2) is 0 Å². The van der Waals surface area contributed by atoms with Crippen LogP contribution in [-0.4, -0.2) is 34.4 Å². The molecule has 0 saturated carbocycles. The van der Waals surface area contributed by atoms with E-state index in [-0.39, 0.29) is 5.82 Å². The molecule has 2 rings (SSSR count). The van der Waals surface area contributed by atoms with Crippen molar-refractivity contribution >= 4 is 11.9 Å². The van der Waals surface area contributed by atoms with E-state index in [4.69, 9.17) is 0 Å². The number of fused-ring (bicyclic) bond motifs is 1. The van der Waals surface area contributed by atoms with E-state index in [1.54, 1.807) is 4.68 Å². The van der Waals surface area contributed by atoms with Gasteiger partial charge in [0.2, 0.25) is 5.95 Å². The van der Waals surface area contributed by atoms with Crippen molar-refractivity contribution in [1.82, 2.24) is 14.8 Å². The van der Waals surface area contributed by atoms with E-state index in [0.29, 0.717) is 17.9 Å². The van der Waals surface area contributed by atoms with Crippen LogP contribution in [-0.2, 0) is 4.74 Å². The van der Waals surface area contributed by atoms with E-state index in [1.165, 1.54) is 7.11 Å². The second-order valence-electron chi connectivity index (χ2n) is 4.22. The number of ether oxygens (including phenoxy) is 1. The van der Waals surface area contributed by atoms with E-state index >= 15 is 0 Å². The molecule has 0 aromatic carbocycles. The molecular formula is C10H16N4O2. The zero-order chi connectivity index (χ0) is 11.7. The van der Waals surface area contributed by atoms with Crippen molar-refractivity contribution in [2.24, 2.45) is 5.92 Å². The highest BCUT2D eigenvalue weighted by Crippen LogP contribution is 2.27. The lowest BCUT2D eigenvalue weighted by molar-refractivity contribution is 0.0586. The molecule has 0 radical (unpaired) electrons. The van der Waals surface area contributed by atoms with E-state index < -0.39 is 5.97 Å². The van der Waals surface area contributed by atoms with Gasteiger partial charge in [-0.1, -0.05) is 13.8 Å². The average molecular weight is 224 g/mol. The van der Waals surface area contributed by atoms with Gasteiger partial charge in [0.15, 0.2) is 0 Å². The van der Waals surface area contributed by atoms with E-state index in [2.05, 4.69) is 34.0 Å². The van der Waals surface area contributed by atoms with Crippen LogP contribution in [0.3, 0.4) is 0 Å². The average Bonchev–Trinajstić information content (AvgIpc) is 2.70. The van der Waals surface area contributed by atoms with Gasteiger partial charge in [-0.15, -0.1) is 5.10 Å². The number of aromatic nitrogens is 3. The summed E-state index contributed by atoms with van der Waals surface area (Å²) in [5.41, 5.74) is 0. The van der Waals surface area contributed by atoms with Crippen molar-refractivity contribution in [1.29, 1.82) is 0 Å². The van der Waals surface area contributed by atoms with Gasteiger partial charge in [-0.2, -0.15) is 4.98 Å². The van der Waals surface area contributed by atoms with E-state index in [1.807, 2.05) is 0 Å². The van der Waals surface area contributed by atoms with Gasteiger partial charge in [0.1, 0.15) is 0 Å². The van der Waals surface area contributed by atoms with Crippen LogP contribution in [0.1, 0.15) is 36.9 Å². The SMILES string of the molecule is COC(=O)c1nc2n(n1)C(C(C)C)CCN2. The summed E-state index contributed by atoms with van der Waals surface area (Å²) in [6, 6.07) is 0.294. The maximum absolute atomic E-state index is 11.3. The molecular weight excluding hydrogens is 208 g/mol. The summed E-state index contributed by atoms with van der Waals surface area (Å²) < 4.78 is 6.40. The number of esters is 1. The van der Waals surface area contributed by atoms with Crippen molar-refractivity contribution in [3.8, 4) is 0 Å². The van der Waals surface area contributed by atoms with Crippen LogP contribution in [0.25, 0.3) is 0 Å². The third-order valence-electron chi connectivity index (χ3n) is 2.81. The van der Waals surface area contributed by atoms with Crippen molar-refractivity contribution in [2.45, 2.75) is 26.3 Å². The molecule has 88 valence electrons. The van der Waals surface area contributed by atoms with Crippen LogP contribution >= 0.6 is 0 Å². The lowest BCUT2D eigenvalue weighted by Crippen LogP contribution is -2.27. The largest absolute Gasteiger partial charge is 0.463 e. The predicted molar refractivity (Wildman–Crippen MR) is 58.3 cm³/mol. The Balaban J connectivity index is 2.34. The van der Waals surface area contributed by atoms with Crippen molar-refractivity contribution in [3.63, 3.8) is 0 Å². The van der Waals surface area contributed by atoms with Crippen LogP contribution in [0.2, 0.25) is 0 Å². The molecule has 1 aliphatic rings. The summed E-state index contributed by atoms with van der Waals surface area (Å²) in [4.78, 5) is 15.4. The van der Waals surface area contributed by atoms with Gasteiger partial charge in [-0.05, 0) is 12.3 Å². The van der Waals surface area contributed by atoms with Gasteiger partial charge in [0.25, 0.3) is 5.82 Å². The Morgan fingerprint density at radius 1 is 1.62 bits per heavy atom. The number of anilines is 1. The fourth-order valence-corrected chi connectivity index (χ4v) is 1.92. The molecule has 1 aromatic rings. The van der Waals surface area contributed by atoms with Gasteiger partial charge in [-0.3, -0.25) is 0 Å². The predicted octanol–water partition coefficient (Wildman–Crippen LogP) is 1.08. The Morgan fingerprint density at radius 3 is 3.00 bits per heavy atom. The molecule has 6 heteroatoms. The summed E-state index contributed by atoms with van der Waals surface area (Å²) in [6.07, 6.45) is 0.995. The van der Waals surface area contributed by atoms with Crippen molar-refractivity contribution < 1.29 is 9.53 Å². The van der Waals surface area contributed by atoms with Crippen LogP contribution < -0.4 is 5.32 Å². The molecule has 1 N–H and O–H groups in total. The molecule has 1 unspecified atom stereocenters. The van der Waals surface area contributed by atoms with Gasteiger partial charge in [0.05, 0.1) is 13.2 Å². The molecule has 0 bridgehead atoms. The van der Waals surface area contributed by atoms with Crippen LogP contribution in [0, 0.1) is 5.92 Å². The van der Waals surface area contributed by atoms with Crippen molar-refractivity contribution in [3.05, 3.63) is 5.82 Å². The minimum Gasteiger partial charge on any atom is -0.463 e. The van der Waals surface area contributed by atoms with Gasteiger partial charge in [-0.25, -0.2) is 9.48 Å². The zero-order valence-corrected chi connectivity index (χ0v) is 9.73. The number of carbonyl (C=O) groups excluding carboxylic acids is 1. The third kappa shape index (κ3) is 1.75. The number of nitrogens with zero attached hydrogens (tertiary/aromatic N) is 3. The van der Waals surface area contributed by atoms with Crippen LogP contribution in [0.4, 0.5) is 5.95 Å². The Kier molecular flexibility index (Phi) is 2.80. The molecule has 0 aliphatic carbocycles.